The van der Waals surface area contributed by atoms with E-state index in [1.165, 1.54) is 11.1 Å². The number of urea groups is 1. The lowest BCUT2D eigenvalue weighted by Crippen LogP contribution is -2.59. The van der Waals surface area contributed by atoms with Gasteiger partial charge in [-0.1, -0.05) is 38.1 Å². The zero-order valence-electron chi connectivity index (χ0n) is 14.8. The fourth-order valence-corrected chi connectivity index (χ4v) is 2.76. The highest BCUT2D eigenvalue weighted by Crippen LogP contribution is 2.26. The molecule has 4 nitrogen and oxygen atoms in total. The molecular weight excluding hydrogens is 288 g/mol. The Morgan fingerprint density at radius 3 is 2.43 bits per heavy atom. The summed E-state index contributed by atoms with van der Waals surface area (Å²) < 4.78 is 0. The minimum atomic E-state index is -0.696. The van der Waals surface area contributed by atoms with Crippen LogP contribution < -0.4 is 5.32 Å². The van der Waals surface area contributed by atoms with E-state index in [2.05, 4.69) is 43.4 Å². The van der Waals surface area contributed by atoms with Crippen molar-refractivity contribution in [3.63, 3.8) is 0 Å². The molecule has 2 rings (SSSR count). The molecule has 0 spiro atoms. The lowest BCUT2D eigenvalue weighted by Gasteiger charge is -2.45. The molecule has 0 aliphatic carbocycles. The van der Waals surface area contributed by atoms with Gasteiger partial charge in [0.2, 0.25) is 0 Å². The maximum Gasteiger partial charge on any atom is 0.317 e. The molecule has 2 N–H and O–H groups in total. The number of rotatable bonds is 6. The van der Waals surface area contributed by atoms with Crippen LogP contribution in [-0.4, -0.2) is 41.3 Å². The van der Waals surface area contributed by atoms with Crippen molar-refractivity contribution in [1.29, 1.82) is 0 Å². The highest BCUT2D eigenvalue weighted by Gasteiger charge is 2.39. The molecule has 0 unspecified atom stereocenters. The van der Waals surface area contributed by atoms with Gasteiger partial charge in [-0.05, 0) is 43.7 Å². The summed E-state index contributed by atoms with van der Waals surface area (Å²) in [6.45, 7) is 9.98. The second-order valence-corrected chi connectivity index (χ2v) is 7.49. The predicted molar refractivity (Wildman–Crippen MR) is 93.6 cm³/mol. The van der Waals surface area contributed by atoms with E-state index in [0.717, 1.165) is 12.8 Å². The van der Waals surface area contributed by atoms with E-state index in [0.29, 0.717) is 25.6 Å². The van der Waals surface area contributed by atoms with Crippen molar-refractivity contribution in [2.75, 3.05) is 19.6 Å². The third-order valence-electron chi connectivity index (χ3n) is 4.73. The molecule has 2 amide bonds. The Morgan fingerprint density at radius 1 is 1.30 bits per heavy atom. The van der Waals surface area contributed by atoms with Crippen LogP contribution >= 0.6 is 0 Å². The Labute approximate surface area is 139 Å². The largest absolute Gasteiger partial charge is 0.390 e. The number of carbonyl (C=O) groups is 1. The lowest BCUT2D eigenvalue weighted by atomic mass is 9.85. The van der Waals surface area contributed by atoms with Gasteiger partial charge in [-0.15, -0.1) is 0 Å². The first kappa shape index (κ1) is 17.8. The third-order valence-corrected chi connectivity index (χ3v) is 4.73. The van der Waals surface area contributed by atoms with Crippen LogP contribution in [0.4, 0.5) is 4.79 Å². The van der Waals surface area contributed by atoms with E-state index < -0.39 is 5.60 Å². The normalized spacial score (nSPS) is 15.7. The van der Waals surface area contributed by atoms with Gasteiger partial charge < -0.3 is 15.3 Å². The lowest BCUT2D eigenvalue weighted by molar-refractivity contribution is -0.0457. The van der Waals surface area contributed by atoms with E-state index in [9.17, 15) is 9.90 Å². The second-order valence-electron chi connectivity index (χ2n) is 7.49. The van der Waals surface area contributed by atoms with E-state index in [1.807, 2.05) is 0 Å². The van der Waals surface area contributed by atoms with Gasteiger partial charge in [0.25, 0.3) is 0 Å². The summed E-state index contributed by atoms with van der Waals surface area (Å²) >= 11 is 0. The Kier molecular flexibility index (Phi) is 5.69. The van der Waals surface area contributed by atoms with Crippen LogP contribution in [0.1, 0.15) is 51.2 Å². The minimum Gasteiger partial charge on any atom is -0.390 e. The van der Waals surface area contributed by atoms with Gasteiger partial charge in [0.1, 0.15) is 0 Å². The van der Waals surface area contributed by atoms with Crippen molar-refractivity contribution in [2.45, 2.75) is 52.1 Å². The van der Waals surface area contributed by atoms with Crippen LogP contribution in [0, 0.1) is 5.92 Å². The topological polar surface area (TPSA) is 52.6 Å². The molecule has 0 radical (unpaired) electrons. The van der Waals surface area contributed by atoms with Crippen molar-refractivity contribution in [2.24, 2.45) is 5.92 Å². The average Bonchev–Trinajstić information content (AvgIpc) is 2.41. The number of carbonyl (C=O) groups excluding carboxylic acids is 1. The maximum absolute atomic E-state index is 12.0. The molecule has 1 aromatic carbocycles. The van der Waals surface area contributed by atoms with Gasteiger partial charge in [-0.2, -0.15) is 0 Å². The summed E-state index contributed by atoms with van der Waals surface area (Å²) in [5, 5.41) is 12.8. The van der Waals surface area contributed by atoms with Crippen LogP contribution in [0.3, 0.4) is 0 Å². The Balaban J connectivity index is 1.63. The maximum atomic E-state index is 12.0. The molecule has 0 atom stereocenters. The Morgan fingerprint density at radius 2 is 1.91 bits per heavy atom. The number of nitrogens with zero attached hydrogens (tertiary/aromatic N) is 1. The monoisotopic (exact) mass is 318 g/mol. The Hall–Kier alpha value is -1.55. The number of aliphatic hydroxyl groups is 1. The molecule has 0 aromatic heterocycles. The first-order chi connectivity index (χ1) is 10.8. The van der Waals surface area contributed by atoms with Gasteiger partial charge in [-0.3, -0.25) is 0 Å². The molecule has 1 aliphatic heterocycles. The standard InChI is InChI=1S/C19H30N2O2/c1-14(2)16-9-7-15(8-10-16)6-5-11-20-18(22)21-12-17(13-21)19(3,4)23/h7-10,14,17,23H,5-6,11-13H2,1-4H3,(H,20,22). The smallest absolute Gasteiger partial charge is 0.317 e. The van der Waals surface area contributed by atoms with E-state index in [1.54, 1.807) is 18.7 Å². The van der Waals surface area contributed by atoms with Gasteiger partial charge >= 0.3 is 6.03 Å². The number of likely N-dealkylation sites (tertiary alicyclic amines) is 1. The van der Waals surface area contributed by atoms with Gasteiger partial charge in [-0.25, -0.2) is 4.79 Å². The molecule has 1 heterocycles. The van der Waals surface area contributed by atoms with Crippen LogP contribution in [0.2, 0.25) is 0 Å². The quantitative estimate of drug-likeness (QED) is 0.792. The number of hydrogen-bond donors (Lipinski definition) is 2. The first-order valence-corrected chi connectivity index (χ1v) is 8.61. The molecule has 0 saturated carbocycles. The molecule has 1 fully saturated rings. The summed E-state index contributed by atoms with van der Waals surface area (Å²) in [6.07, 6.45) is 1.92. The molecule has 128 valence electrons. The summed E-state index contributed by atoms with van der Waals surface area (Å²) in [4.78, 5) is 13.7. The SMILES string of the molecule is CC(C)c1ccc(CCCNC(=O)N2CC(C(C)(C)O)C2)cc1. The number of nitrogens with one attached hydrogen (secondary N) is 1. The first-order valence-electron chi connectivity index (χ1n) is 8.61. The minimum absolute atomic E-state index is 0.0133. The fraction of sp³-hybridized carbons (Fsp3) is 0.632. The van der Waals surface area contributed by atoms with Gasteiger partial charge in [0.15, 0.2) is 0 Å². The summed E-state index contributed by atoms with van der Waals surface area (Å²) in [7, 11) is 0. The van der Waals surface area contributed by atoms with E-state index in [-0.39, 0.29) is 11.9 Å². The van der Waals surface area contributed by atoms with E-state index >= 15 is 0 Å². The molecule has 1 saturated heterocycles. The molecule has 23 heavy (non-hydrogen) atoms. The Bertz CT molecular complexity index is 511. The van der Waals surface area contributed by atoms with Crippen LogP contribution in [0.25, 0.3) is 0 Å². The highest BCUT2D eigenvalue weighted by molar-refractivity contribution is 5.75. The second kappa shape index (κ2) is 7.35. The zero-order chi connectivity index (χ0) is 17.0. The van der Waals surface area contributed by atoms with Crippen LogP contribution in [0.5, 0.6) is 0 Å². The van der Waals surface area contributed by atoms with Gasteiger partial charge in [0, 0.05) is 25.6 Å². The van der Waals surface area contributed by atoms with Crippen molar-refractivity contribution in [1.82, 2.24) is 10.2 Å². The predicted octanol–water partition coefficient (Wildman–Crippen LogP) is 3.15. The third kappa shape index (κ3) is 4.96. The van der Waals surface area contributed by atoms with Gasteiger partial charge in [0.05, 0.1) is 5.60 Å². The molecule has 0 bridgehead atoms. The molecule has 1 aliphatic rings. The average molecular weight is 318 g/mol. The summed E-state index contributed by atoms with van der Waals surface area (Å²) in [5.41, 5.74) is 1.98. The summed E-state index contributed by atoms with van der Waals surface area (Å²) in [6, 6.07) is 8.73. The van der Waals surface area contributed by atoms with Crippen molar-refractivity contribution in [3.8, 4) is 0 Å². The van der Waals surface area contributed by atoms with Crippen molar-refractivity contribution in [3.05, 3.63) is 35.4 Å². The number of amides is 2. The van der Waals surface area contributed by atoms with Crippen LogP contribution in [0.15, 0.2) is 24.3 Å². The van der Waals surface area contributed by atoms with E-state index in [4.69, 9.17) is 0 Å². The fourth-order valence-electron chi connectivity index (χ4n) is 2.76. The zero-order valence-corrected chi connectivity index (χ0v) is 14.8. The van der Waals surface area contributed by atoms with Crippen molar-refractivity contribution >= 4 is 6.03 Å². The summed E-state index contributed by atoms with van der Waals surface area (Å²) in [5.74, 6) is 0.750. The molecule has 1 aromatic rings. The number of aryl methyl sites for hydroxylation is 1. The number of benzene rings is 1. The highest BCUT2D eigenvalue weighted by atomic mass is 16.3. The molecule has 4 heteroatoms. The van der Waals surface area contributed by atoms with Crippen LogP contribution in [-0.2, 0) is 6.42 Å². The van der Waals surface area contributed by atoms with Crippen molar-refractivity contribution < 1.29 is 9.90 Å². The molecular formula is C19H30N2O2. The number of hydrogen-bond acceptors (Lipinski definition) is 2.